The van der Waals surface area contributed by atoms with Crippen LogP contribution in [-0.2, 0) is 16.1 Å². The number of pyridine rings is 2. The van der Waals surface area contributed by atoms with Crippen molar-refractivity contribution in [3.05, 3.63) is 58.0 Å². The number of carbonyl (C=O) groups is 3. The lowest BCUT2D eigenvalue weighted by molar-refractivity contribution is -0.138. The Kier molecular flexibility index (Phi) is 6.56. The van der Waals surface area contributed by atoms with Gasteiger partial charge in [0.1, 0.15) is 28.8 Å². The van der Waals surface area contributed by atoms with Crippen molar-refractivity contribution in [2.75, 3.05) is 11.9 Å². The first kappa shape index (κ1) is 26.9. The summed E-state index contributed by atoms with van der Waals surface area (Å²) in [5.74, 6) is 0.481. The van der Waals surface area contributed by atoms with Crippen molar-refractivity contribution in [3.8, 4) is 11.3 Å². The van der Waals surface area contributed by atoms with E-state index in [1.54, 1.807) is 43.3 Å². The Morgan fingerprint density at radius 2 is 1.85 bits per heavy atom. The number of hydrogen-bond donors (Lipinski definition) is 2. The van der Waals surface area contributed by atoms with Crippen LogP contribution in [0, 0.1) is 38.5 Å². The van der Waals surface area contributed by atoms with Crippen molar-refractivity contribution in [2.45, 2.75) is 40.3 Å². The quantitative estimate of drug-likeness (QED) is 0.312. The van der Waals surface area contributed by atoms with Gasteiger partial charge in [0.25, 0.3) is 5.91 Å². The molecular formula is C28H28BrN9O3. The zero-order valence-electron chi connectivity index (χ0n) is 22.9. The Hall–Kier alpha value is -4.26. The molecule has 1 aliphatic carbocycles. The lowest BCUT2D eigenvalue weighted by Gasteiger charge is -2.28. The first-order valence-corrected chi connectivity index (χ1v) is 14.0. The molecule has 3 amide bonds. The summed E-state index contributed by atoms with van der Waals surface area (Å²) < 4.78 is 2.06. The van der Waals surface area contributed by atoms with Gasteiger partial charge in [-0.2, -0.15) is 5.10 Å². The number of fused-ring (bicyclic) bond motifs is 2. The highest BCUT2D eigenvalue weighted by molar-refractivity contribution is 9.10. The minimum atomic E-state index is -0.719. The van der Waals surface area contributed by atoms with E-state index < -0.39 is 11.9 Å². The highest BCUT2D eigenvalue weighted by Crippen LogP contribution is 2.55. The van der Waals surface area contributed by atoms with Crippen LogP contribution in [0.4, 0.5) is 5.82 Å². The Morgan fingerprint density at radius 3 is 2.56 bits per heavy atom. The summed E-state index contributed by atoms with van der Waals surface area (Å²) in [5, 5.41) is 7.83. The van der Waals surface area contributed by atoms with E-state index in [9.17, 15) is 14.4 Å². The maximum absolute atomic E-state index is 13.7. The van der Waals surface area contributed by atoms with Crippen LogP contribution in [0.1, 0.15) is 34.5 Å². The lowest BCUT2D eigenvalue weighted by atomic mass is 10.1. The lowest BCUT2D eigenvalue weighted by Crippen LogP contribution is -2.48. The molecule has 5 heterocycles. The summed E-state index contributed by atoms with van der Waals surface area (Å²) in [7, 11) is 0. The number of nitrogens with zero attached hydrogens (tertiary/aromatic N) is 7. The average molecular weight is 618 g/mol. The van der Waals surface area contributed by atoms with Crippen LogP contribution in [0.5, 0.6) is 0 Å². The predicted octanol–water partition coefficient (Wildman–Crippen LogP) is 2.80. The first-order chi connectivity index (χ1) is 19.5. The third-order valence-electron chi connectivity index (χ3n) is 8.13. The van der Waals surface area contributed by atoms with E-state index in [0.717, 1.165) is 5.56 Å². The minimum Gasteiger partial charge on any atom is -0.364 e. The molecule has 12 nitrogen and oxygen atoms in total. The van der Waals surface area contributed by atoms with Gasteiger partial charge in [0.05, 0.1) is 16.9 Å². The van der Waals surface area contributed by atoms with Crippen LogP contribution in [-0.4, -0.2) is 64.9 Å². The van der Waals surface area contributed by atoms with Crippen LogP contribution in [0.25, 0.3) is 22.2 Å². The molecule has 4 aromatic heterocycles. The number of aryl methyl sites for hydroxylation is 3. The van der Waals surface area contributed by atoms with Gasteiger partial charge >= 0.3 is 0 Å². The average Bonchev–Trinajstić information content (AvgIpc) is 3.25. The zero-order valence-corrected chi connectivity index (χ0v) is 24.5. The minimum absolute atomic E-state index is 0.0379. The number of nitrogens with one attached hydrogen (secondary N) is 1. The van der Waals surface area contributed by atoms with E-state index in [0.29, 0.717) is 56.6 Å². The third kappa shape index (κ3) is 4.73. The van der Waals surface area contributed by atoms with Gasteiger partial charge in [0.2, 0.25) is 11.8 Å². The van der Waals surface area contributed by atoms with Crippen LogP contribution >= 0.6 is 15.9 Å². The van der Waals surface area contributed by atoms with Gasteiger partial charge in [-0.25, -0.2) is 15.0 Å². The molecule has 1 saturated carbocycles. The molecule has 0 radical (unpaired) electrons. The van der Waals surface area contributed by atoms with Gasteiger partial charge < -0.3 is 16.0 Å². The van der Waals surface area contributed by atoms with Crippen LogP contribution in [0.3, 0.4) is 0 Å². The SMILES string of the molecule is Cc1ncc(-c2cc3c(C(N)=O)nn(CC(=O)N4C[C@H]5[C@@H](C)[C@H]5[C@H]4C(=O)Nc4nc(Br)ccc4C)c3c(C)n2)cn1. The number of likely N-dealkylation sites (tertiary alicyclic amines) is 1. The number of aromatic nitrogens is 6. The van der Waals surface area contributed by atoms with Crippen LogP contribution < -0.4 is 11.1 Å². The molecule has 2 aliphatic rings. The summed E-state index contributed by atoms with van der Waals surface area (Å²) in [6.07, 6.45) is 3.31. The maximum Gasteiger partial charge on any atom is 0.269 e. The van der Waals surface area contributed by atoms with Gasteiger partial charge in [0, 0.05) is 29.9 Å². The van der Waals surface area contributed by atoms with E-state index in [4.69, 9.17) is 5.73 Å². The van der Waals surface area contributed by atoms with E-state index in [2.05, 4.69) is 53.2 Å². The van der Waals surface area contributed by atoms with Crippen molar-refractivity contribution >= 4 is 50.4 Å². The number of amides is 3. The summed E-state index contributed by atoms with van der Waals surface area (Å²) in [6, 6.07) is 4.74. The molecule has 4 atom stereocenters. The Morgan fingerprint density at radius 1 is 1.12 bits per heavy atom. The van der Waals surface area contributed by atoms with E-state index in [1.165, 1.54) is 4.68 Å². The second kappa shape index (κ2) is 9.98. The monoisotopic (exact) mass is 617 g/mol. The second-order valence-electron chi connectivity index (χ2n) is 10.8. The standard InChI is InChI=1S/C28H28BrN9O3/c1-12-5-6-20(29)34-27(12)35-28(41)25-22-13(2)18(22)10-37(25)21(39)11-38-24-14(3)33-19(16-8-31-15(4)32-9-16)7-17(24)23(36-38)26(30)40/h5-9,13,18,22,25H,10-11H2,1-4H3,(H2,30,40)(H,34,35,41)/t13-,18+,22-,25+/m1/s1. The Labute approximate surface area is 243 Å². The molecule has 210 valence electrons. The number of piperidine rings is 1. The fourth-order valence-corrected chi connectivity index (χ4v) is 6.23. The topological polar surface area (TPSA) is 162 Å². The number of nitrogens with two attached hydrogens (primary N) is 1. The van der Waals surface area contributed by atoms with Crippen molar-refractivity contribution in [1.29, 1.82) is 0 Å². The zero-order chi connectivity index (χ0) is 29.2. The molecule has 0 bridgehead atoms. The fraction of sp³-hybridized carbons (Fsp3) is 0.357. The number of carbonyl (C=O) groups excluding carboxylic acids is 3. The van der Waals surface area contributed by atoms with E-state index >= 15 is 0 Å². The Balaban J connectivity index is 1.31. The molecule has 1 aliphatic heterocycles. The van der Waals surface area contributed by atoms with Gasteiger partial charge in [-0.05, 0) is 72.2 Å². The molecule has 6 rings (SSSR count). The number of halogens is 1. The van der Waals surface area contributed by atoms with Gasteiger partial charge in [-0.3, -0.25) is 24.0 Å². The molecular weight excluding hydrogens is 590 g/mol. The molecule has 2 fully saturated rings. The van der Waals surface area contributed by atoms with Crippen molar-refractivity contribution in [3.63, 3.8) is 0 Å². The molecule has 4 aromatic rings. The molecule has 0 aromatic carbocycles. The van der Waals surface area contributed by atoms with E-state index in [1.807, 2.05) is 13.0 Å². The van der Waals surface area contributed by atoms with E-state index in [-0.39, 0.29) is 35.9 Å². The summed E-state index contributed by atoms with van der Waals surface area (Å²) in [5.41, 5.74) is 8.87. The molecule has 1 saturated heterocycles. The maximum atomic E-state index is 13.7. The third-order valence-corrected chi connectivity index (χ3v) is 8.58. The molecule has 0 spiro atoms. The molecule has 13 heteroatoms. The van der Waals surface area contributed by atoms with Crippen LogP contribution in [0.2, 0.25) is 0 Å². The highest BCUT2D eigenvalue weighted by atomic mass is 79.9. The van der Waals surface area contributed by atoms with Gasteiger partial charge in [-0.15, -0.1) is 0 Å². The van der Waals surface area contributed by atoms with Gasteiger partial charge in [0.15, 0.2) is 5.69 Å². The number of primary amides is 1. The predicted molar refractivity (Wildman–Crippen MR) is 153 cm³/mol. The smallest absolute Gasteiger partial charge is 0.269 e. The molecule has 41 heavy (non-hydrogen) atoms. The van der Waals surface area contributed by atoms with Crippen LogP contribution in [0.15, 0.2) is 35.2 Å². The first-order valence-electron chi connectivity index (χ1n) is 13.2. The Bertz CT molecular complexity index is 1740. The largest absolute Gasteiger partial charge is 0.364 e. The number of rotatable bonds is 6. The number of anilines is 1. The molecule has 3 N–H and O–H groups in total. The second-order valence-corrected chi connectivity index (χ2v) is 11.6. The van der Waals surface area contributed by atoms with Crippen molar-refractivity contribution < 1.29 is 14.4 Å². The number of hydrogen-bond acceptors (Lipinski definition) is 8. The van der Waals surface area contributed by atoms with Crippen molar-refractivity contribution in [1.82, 2.24) is 34.6 Å². The highest BCUT2D eigenvalue weighted by Gasteiger charge is 2.62. The van der Waals surface area contributed by atoms with Crippen molar-refractivity contribution in [2.24, 2.45) is 23.5 Å². The fourth-order valence-electron chi connectivity index (χ4n) is 5.92. The normalized spacial score (nSPS) is 21.1. The summed E-state index contributed by atoms with van der Waals surface area (Å²) >= 11 is 3.35. The van der Waals surface area contributed by atoms with Gasteiger partial charge in [-0.1, -0.05) is 13.0 Å². The molecule has 0 unspecified atom stereocenters. The summed E-state index contributed by atoms with van der Waals surface area (Å²) in [4.78, 5) is 58.8. The summed E-state index contributed by atoms with van der Waals surface area (Å²) in [6.45, 7) is 7.84.